The molecule has 1 aliphatic rings. The zero-order chi connectivity index (χ0) is 8.60. The number of aliphatic hydroxyl groups excluding tert-OH is 1. The first-order valence-electron chi connectivity index (χ1n) is 3.92. The maximum Gasteiger partial charge on any atom is 0.273 e. The number of hydrogen-bond acceptors (Lipinski definition) is 4. The fourth-order valence-electron chi connectivity index (χ4n) is 1.23. The van der Waals surface area contributed by atoms with E-state index in [4.69, 9.17) is 9.84 Å². The molecule has 1 aliphatic carbocycles. The number of hydrogen-bond donors (Lipinski definition) is 1. The van der Waals surface area contributed by atoms with Gasteiger partial charge in [0.1, 0.15) is 0 Å². The van der Waals surface area contributed by atoms with E-state index in [9.17, 15) is 0 Å². The number of rotatable bonds is 3. The molecule has 0 spiro atoms. The SMILES string of the molecule is COc1ncc(C2(CO)CC2)s1. The number of methoxy groups -OCH3 is 1. The van der Waals surface area contributed by atoms with Gasteiger partial charge in [0.2, 0.25) is 0 Å². The van der Waals surface area contributed by atoms with E-state index in [1.165, 1.54) is 11.3 Å². The van der Waals surface area contributed by atoms with Crippen LogP contribution in [0, 0.1) is 0 Å². The van der Waals surface area contributed by atoms with Crippen molar-refractivity contribution in [3.63, 3.8) is 0 Å². The van der Waals surface area contributed by atoms with E-state index in [1.807, 2.05) is 6.20 Å². The Bertz CT molecular complexity index is 280. The molecule has 1 N–H and O–H groups in total. The van der Waals surface area contributed by atoms with Gasteiger partial charge in [0.25, 0.3) is 5.19 Å². The molecule has 4 heteroatoms. The Morgan fingerprint density at radius 3 is 2.92 bits per heavy atom. The number of ether oxygens (including phenoxy) is 1. The Hall–Kier alpha value is -0.610. The summed E-state index contributed by atoms with van der Waals surface area (Å²) < 4.78 is 4.99. The minimum absolute atomic E-state index is 0.0362. The van der Waals surface area contributed by atoms with Gasteiger partial charge in [-0.25, -0.2) is 4.98 Å². The van der Waals surface area contributed by atoms with Crippen LogP contribution in [0.4, 0.5) is 0 Å². The molecule has 0 atom stereocenters. The molecule has 66 valence electrons. The topological polar surface area (TPSA) is 42.4 Å². The van der Waals surface area contributed by atoms with Crippen molar-refractivity contribution in [1.82, 2.24) is 4.98 Å². The van der Waals surface area contributed by atoms with Crippen LogP contribution in [0.25, 0.3) is 0 Å². The molecular weight excluding hydrogens is 174 g/mol. The van der Waals surface area contributed by atoms with Gasteiger partial charge in [-0.2, -0.15) is 0 Å². The van der Waals surface area contributed by atoms with Crippen molar-refractivity contribution in [2.75, 3.05) is 13.7 Å². The van der Waals surface area contributed by atoms with Gasteiger partial charge in [0, 0.05) is 16.5 Å². The number of thiazole rings is 1. The average Bonchev–Trinajstić information content (AvgIpc) is 2.77. The van der Waals surface area contributed by atoms with E-state index in [1.54, 1.807) is 7.11 Å². The summed E-state index contributed by atoms with van der Waals surface area (Å²) in [6, 6.07) is 0. The summed E-state index contributed by atoms with van der Waals surface area (Å²) in [7, 11) is 1.61. The van der Waals surface area contributed by atoms with Gasteiger partial charge in [0.05, 0.1) is 13.7 Å². The third-order valence-corrected chi connectivity index (χ3v) is 3.54. The molecule has 0 unspecified atom stereocenters. The van der Waals surface area contributed by atoms with Gasteiger partial charge in [-0.15, -0.1) is 0 Å². The van der Waals surface area contributed by atoms with E-state index in [-0.39, 0.29) is 12.0 Å². The van der Waals surface area contributed by atoms with Gasteiger partial charge in [-0.05, 0) is 12.8 Å². The fourth-order valence-corrected chi connectivity index (χ4v) is 2.20. The van der Waals surface area contributed by atoms with Crippen molar-refractivity contribution in [2.45, 2.75) is 18.3 Å². The minimum Gasteiger partial charge on any atom is -0.473 e. The third kappa shape index (κ3) is 1.11. The monoisotopic (exact) mass is 185 g/mol. The van der Waals surface area contributed by atoms with Crippen LogP contribution in [0.3, 0.4) is 0 Å². The van der Waals surface area contributed by atoms with Crippen molar-refractivity contribution >= 4 is 11.3 Å². The van der Waals surface area contributed by atoms with E-state index in [2.05, 4.69) is 4.98 Å². The Labute approximate surface area is 75.0 Å². The van der Waals surface area contributed by atoms with Crippen molar-refractivity contribution in [1.29, 1.82) is 0 Å². The summed E-state index contributed by atoms with van der Waals surface area (Å²) in [4.78, 5) is 5.23. The highest BCUT2D eigenvalue weighted by Gasteiger charge is 2.45. The molecule has 1 saturated carbocycles. The summed E-state index contributed by atoms with van der Waals surface area (Å²) in [6.45, 7) is 0.234. The molecule has 1 aromatic rings. The summed E-state index contributed by atoms with van der Waals surface area (Å²) in [5.41, 5.74) is 0.0362. The highest BCUT2D eigenvalue weighted by atomic mass is 32.1. The molecule has 1 fully saturated rings. The summed E-state index contributed by atoms with van der Waals surface area (Å²) in [5, 5.41) is 9.81. The van der Waals surface area contributed by atoms with Crippen molar-refractivity contribution in [3.8, 4) is 5.19 Å². The highest BCUT2D eigenvalue weighted by Crippen LogP contribution is 2.50. The van der Waals surface area contributed by atoms with Gasteiger partial charge in [0.15, 0.2) is 0 Å². The van der Waals surface area contributed by atoms with Crippen LogP contribution in [-0.2, 0) is 5.41 Å². The lowest BCUT2D eigenvalue weighted by Crippen LogP contribution is -2.09. The summed E-state index contributed by atoms with van der Waals surface area (Å²) in [5.74, 6) is 0. The maximum atomic E-state index is 9.13. The molecular formula is C8H11NO2S. The smallest absolute Gasteiger partial charge is 0.273 e. The quantitative estimate of drug-likeness (QED) is 0.768. The predicted molar refractivity (Wildman–Crippen MR) is 46.7 cm³/mol. The first kappa shape index (κ1) is 8.01. The molecule has 0 saturated heterocycles. The van der Waals surface area contributed by atoms with Crippen molar-refractivity contribution < 1.29 is 9.84 Å². The first-order chi connectivity index (χ1) is 5.80. The molecule has 0 radical (unpaired) electrons. The highest BCUT2D eigenvalue weighted by molar-refractivity contribution is 7.13. The van der Waals surface area contributed by atoms with Gasteiger partial charge in [-0.3, -0.25) is 0 Å². The maximum absolute atomic E-state index is 9.13. The van der Waals surface area contributed by atoms with E-state index < -0.39 is 0 Å². The standard InChI is InChI=1S/C8H11NO2S/c1-11-7-9-4-6(12-7)8(5-10)2-3-8/h4,10H,2-3,5H2,1H3. The molecule has 3 nitrogen and oxygen atoms in total. The summed E-state index contributed by atoms with van der Waals surface area (Å²) in [6.07, 6.45) is 3.97. The van der Waals surface area contributed by atoms with Crippen LogP contribution in [0.2, 0.25) is 0 Å². The second-order valence-corrected chi connectivity index (χ2v) is 4.13. The van der Waals surface area contributed by atoms with Gasteiger partial charge in [-0.1, -0.05) is 11.3 Å². The zero-order valence-corrected chi connectivity index (χ0v) is 7.73. The van der Waals surface area contributed by atoms with Gasteiger partial charge < -0.3 is 9.84 Å². The number of aromatic nitrogens is 1. The lowest BCUT2D eigenvalue weighted by molar-refractivity contribution is 0.257. The Balaban J connectivity index is 2.23. The molecule has 1 aromatic heterocycles. The second kappa shape index (κ2) is 2.71. The van der Waals surface area contributed by atoms with Crippen molar-refractivity contribution in [2.24, 2.45) is 0 Å². The first-order valence-corrected chi connectivity index (χ1v) is 4.73. The second-order valence-electron chi connectivity index (χ2n) is 3.13. The zero-order valence-electron chi connectivity index (χ0n) is 6.91. The van der Waals surface area contributed by atoms with Gasteiger partial charge >= 0.3 is 0 Å². The normalized spacial score (nSPS) is 19.2. The Morgan fingerprint density at radius 1 is 1.75 bits per heavy atom. The minimum atomic E-state index is 0.0362. The Morgan fingerprint density at radius 2 is 2.50 bits per heavy atom. The lowest BCUT2D eigenvalue weighted by Gasteiger charge is -2.05. The van der Waals surface area contributed by atoms with Crippen LogP contribution >= 0.6 is 11.3 Å². The van der Waals surface area contributed by atoms with Crippen LogP contribution in [0.15, 0.2) is 6.20 Å². The fraction of sp³-hybridized carbons (Fsp3) is 0.625. The summed E-state index contributed by atoms with van der Waals surface area (Å²) >= 11 is 1.53. The molecule has 12 heavy (non-hydrogen) atoms. The molecule has 0 bridgehead atoms. The third-order valence-electron chi connectivity index (χ3n) is 2.34. The van der Waals surface area contributed by atoms with Crippen LogP contribution in [0.5, 0.6) is 5.19 Å². The number of nitrogens with zero attached hydrogens (tertiary/aromatic N) is 1. The van der Waals surface area contributed by atoms with Crippen LogP contribution in [0.1, 0.15) is 17.7 Å². The van der Waals surface area contributed by atoms with E-state index in [0.717, 1.165) is 17.7 Å². The van der Waals surface area contributed by atoms with E-state index >= 15 is 0 Å². The van der Waals surface area contributed by atoms with E-state index in [0.29, 0.717) is 5.19 Å². The van der Waals surface area contributed by atoms with Crippen LogP contribution in [-0.4, -0.2) is 23.8 Å². The molecule has 1 heterocycles. The molecule has 0 amide bonds. The largest absolute Gasteiger partial charge is 0.473 e. The van der Waals surface area contributed by atoms with Crippen molar-refractivity contribution in [3.05, 3.63) is 11.1 Å². The Kier molecular flexibility index (Phi) is 1.81. The predicted octanol–water partition coefficient (Wildman–Crippen LogP) is 1.18. The molecule has 0 aromatic carbocycles. The molecule has 2 rings (SSSR count). The number of aliphatic hydroxyl groups is 1. The molecule has 0 aliphatic heterocycles. The average molecular weight is 185 g/mol. The van der Waals surface area contributed by atoms with Crippen LogP contribution < -0.4 is 4.74 Å². The lowest BCUT2D eigenvalue weighted by atomic mass is 10.1.